The topological polar surface area (TPSA) is 52.1 Å². The van der Waals surface area contributed by atoms with E-state index >= 15 is 0 Å². The lowest BCUT2D eigenvalue weighted by molar-refractivity contribution is 0.0524. The lowest BCUT2D eigenvalue weighted by atomic mass is 9.90. The highest BCUT2D eigenvalue weighted by Gasteiger charge is 2.20. The zero-order valence-electron chi connectivity index (χ0n) is 12.6. The molecule has 0 radical (unpaired) electrons. The molecule has 21 heavy (non-hydrogen) atoms. The number of ether oxygens (including phenoxy) is 1. The fourth-order valence-corrected chi connectivity index (χ4v) is 3.03. The number of rotatable bonds is 4. The van der Waals surface area contributed by atoms with Gasteiger partial charge in [-0.3, -0.25) is 0 Å². The van der Waals surface area contributed by atoms with E-state index in [1.165, 1.54) is 32.1 Å². The maximum absolute atomic E-state index is 11.9. The average Bonchev–Trinajstić information content (AvgIpc) is 2.46. The first-order valence-corrected chi connectivity index (χ1v) is 8.38. The van der Waals surface area contributed by atoms with Crippen LogP contribution in [0.3, 0.4) is 0 Å². The molecule has 5 heteroatoms. The zero-order valence-corrected chi connectivity index (χ0v) is 13.4. The highest BCUT2D eigenvalue weighted by atomic mass is 35.5. The van der Waals surface area contributed by atoms with Crippen molar-refractivity contribution in [1.29, 1.82) is 0 Å². The summed E-state index contributed by atoms with van der Waals surface area (Å²) < 4.78 is 5.01. The second-order valence-corrected chi connectivity index (χ2v) is 5.75. The van der Waals surface area contributed by atoms with Crippen molar-refractivity contribution in [2.75, 3.05) is 6.61 Å². The Balaban J connectivity index is 2.18. The molecule has 0 N–H and O–H groups in total. The first-order valence-electron chi connectivity index (χ1n) is 7.85. The number of hydrogen-bond acceptors (Lipinski definition) is 4. The number of aromatic nitrogens is 2. The summed E-state index contributed by atoms with van der Waals surface area (Å²) in [5.41, 5.74) is 0.976. The van der Waals surface area contributed by atoms with Gasteiger partial charge in [0.15, 0.2) is 0 Å². The summed E-state index contributed by atoms with van der Waals surface area (Å²) in [7, 11) is 0. The maximum Gasteiger partial charge on any atom is 0.341 e. The third-order valence-electron chi connectivity index (χ3n) is 3.98. The van der Waals surface area contributed by atoms with Crippen LogP contribution in [-0.4, -0.2) is 22.5 Å². The number of esters is 1. The molecule has 0 unspecified atom stereocenters. The van der Waals surface area contributed by atoms with E-state index in [9.17, 15) is 4.79 Å². The Labute approximate surface area is 131 Å². The standard InChI is InChI=1S/C16H23ClN2O2/c1-2-21-16(20)13-11-18-15(19-14(13)10-17)12-8-6-4-3-5-7-9-12/h11-12H,2-10H2,1H3. The maximum atomic E-state index is 11.9. The van der Waals surface area contributed by atoms with Crippen LogP contribution < -0.4 is 0 Å². The molecule has 0 aromatic carbocycles. The van der Waals surface area contributed by atoms with Crippen LogP contribution in [0.4, 0.5) is 0 Å². The Morgan fingerprint density at radius 2 is 1.95 bits per heavy atom. The molecule has 1 saturated carbocycles. The smallest absolute Gasteiger partial charge is 0.341 e. The van der Waals surface area contributed by atoms with E-state index in [0.717, 1.165) is 18.7 Å². The summed E-state index contributed by atoms with van der Waals surface area (Å²) in [6.45, 7) is 2.12. The number of nitrogens with zero attached hydrogens (tertiary/aromatic N) is 2. The van der Waals surface area contributed by atoms with Crippen molar-refractivity contribution in [3.63, 3.8) is 0 Å². The van der Waals surface area contributed by atoms with Gasteiger partial charge in [-0.25, -0.2) is 14.8 Å². The van der Waals surface area contributed by atoms with E-state index in [-0.39, 0.29) is 5.88 Å². The molecule has 4 nitrogen and oxygen atoms in total. The van der Waals surface area contributed by atoms with Gasteiger partial charge in [-0.05, 0) is 19.8 Å². The van der Waals surface area contributed by atoms with Gasteiger partial charge in [0.1, 0.15) is 11.4 Å². The number of alkyl halides is 1. The van der Waals surface area contributed by atoms with Crippen molar-refractivity contribution in [3.8, 4) is 0 Å². The summed E-state index contributed by atoms with van der Waals surface area (Å²) in [4.78, 5) is 20.8. The highest BCUT2D eigenvalue weighted by molar-refractivity contribution is 6.17. The quantitative estimate of drug-likeness (QED) is 0.617. The average molecular weight is 311 g/mol. The predicted molar refractivity (Wildman–Crippen MR) is 82.6 cm³/mol. The third kappa shape index (κ3) is 4.40. The van der Waals surface area contributed by atoms with E-state index in [0.29, 0.717) is 23.8 Å². The van der Waals surface area contributed by atoms with Crippen LogP contribution in [0.1, 0.15) is 79.7 Å². The van der Waals surface area contributed by atoms with Gasteiger partial charge < -0.3 is 4.74 Å². The number of hydrogen-bond donors (Lipinski definition) is 0. The van der Waals surface area contributed by atoms with Gasteiger partial charge in [0.25, 0.3) is 0 Å². The van der Waals surface area contributed by atoms with Gasteiger partial charge in [-0.2, -0.15) is 0 Å². The minimum absolute atomic E-state index is 0.205. The molecule has 1 aliphatic rings. The molecule has 2 rings (SSSR count). The van der Waals surface area contributed by atoms with Crippen molar-refractivity contribution in [2.45, 2.75) is 63.7 Å². The summed E-state index contributed by atoms with van der Waals surface area (Å²) >= 11 is 5.95. The van der Waals surface area contributed by atoms with E-state index in [4.69, 9.17) is 16.3 Å². The lowest BCUT2D eigenvalue weighted by Gasteiger charge is -2.19. The molecule has 0 saturated heterocycles. The Kier molecular flexibility index (Phi) is 6.43. The van der Waals surface area contributed by atoms with Crippen LogP contribution in [-0.2, 0) is 10.6 Å². The molecule has 1 aliphatic carbocycles. The van der Waals surface area contributed by atoms with Crippen LogP contribution in [0, 0.1) is 0 Å². The second-order valence-electron chi connectivity index (χ2n) is 5.48. The molecule has 1 heterocycles. The molecule has 116 valence electrons. The van der Waals surface area contributed by atoms with Crippen molar-refractivity contribution in [3.05, 3.63) is 23.3 Å². The molecule has 0 atom stereocenters. The fraction of sp³-hybridized carbons (Fsp3) is 0.688. The summed E-state index contributed by atoms with van der Waals surface area (Å²) in [6.07, 6.45) is 10.2. The number of halogens is 1. The minimum atomic E-state index is -0.391. The molecular weight excluding hydrogens is 288 g/mol. The molecule has 1 aromatic heterocycles. The Hall–Kier alpha value is -1.16. The van der Waals surface area contributed by atoms with Gasteiger partial charge in [-0.1, -0.05) is 32.1 Å². The first kappa shape index (κ1) is 16.2. The zero-order chi connectivity index (χ0) is 15.1. The van der Waals surface area contributed by atoms with Crippen LogP contribution in [0.15, 0.2) is 6.20 Å². The van der Waals surface area contributed by atoms with E-state index in [2.05, 4.69) is 9.97 Å². The van der Waals surface area contributed by atoms with Crippen LogP contribution in [0.25, 0.3) is 0 Å². The van der Waals surface area contributed by atoms with Crippen LogP contribution in [0.2, 0.25) is 0 Å². The van der Waals surface area contributed by atoms with Gasteiger partial charge in [0.2, 0.25) is 0 Å². The Morgan fingerprint density at radius 1 is 1.29 bits per heavy atom. The van der Waals surface area contributed by atoms with Gasteiger partial charge in [0.05, 0.1) is 18.2 Å². The van der Waals surface area contributed by atoms with Crippen molar-refractivity contribution in [1.82, 2.24) is 9.97 Å². The van der Waals surface area contributed by atoms with Crippen LogP contribution >= 0.6 is 11.6 Å². The SMILES string of the molecule is CCOC(=O)c1cnc(C2CCCCCCC2)nc1CCl. The van der Waals surface area contributed by atoms with Gasteiger partial charge in [0, 0.05) is 12.1 Å². The van der Waals surface area contributed by atoms with Crippen molar-refractivity contribution >= 4 is 17.6 Å². The van der Waals surface area contributed by atoms with E-state index < -0.39 is 5.97 Å². The van der Waals surface area contributed by atoms with Crippen molar-refractivity contribution in [2.24, 2.45) is 0 Å². The Morgan fingerprint density at radius 3 is 2.57 bits per heavy atom. The molecule has 0 aliphatic heterocycles. The van der Waals surface area contributed by atoms with E-state index in [1.807, 2.05) is 0 Å². The number of carbonyl (C=O) groups excluding carboxylic acids is 1. The minimum Gasteiger partial charge on any atom is -0.462 e. The molecule has 1 fully saturated rings. The summed E-state index contributed by atoms with van der Waals surface area (Å²) in [5, 5.41) is 0. The third-order valence-corrected chi connectivity index (χ3v) is 4.23. The van der Waals surface area contributed by atoms with Gasteiger partial charge >= 0.3 is 5.97 Å². The van der Waals surface area contributed by atoms with Gasteiger partial charge in [-0.15, -0.1) is 11.6 Å². The lowest BCUT2D eigenvalue weighted by Crippen LogP contribution is -2.14. The first-order chi connectivity index (χ1) is 10.3. The van der Waals surface area contributed by atoms with Crippen LogP contribution in [0.5, 0.6) is 0 Å². The molecule has 0 bridgehead atoms. The predicted octanol–water partition coefficient (Wildman–Crippen LogP) is 4.22. The molecular formula is C16H23ClN2O2. The monoisotopic (exact) mass is 310 g/mol. The normalized spacial score (nSPS) is 17.0. The molecule has 1 aromatic rings. The number of carbonyl (C=O) groups is 1. The second kappa shape index (κ2) is 8.32. The van der Waals surface area contributed by atoms with E-state index in [1.54, 1.807) is 13.1 Å². The van der Waals surface area contributed by atoms with Crippen molar-refractivity contribution < 1.29 is 9.53 Å². The molecule has 0 spiro atoms. The highest BCUT2D eigenvalue weighted by Crippen LogP contribution is 2.29. The summed E-state index contributed by atoms with van der Waals surface area (Å²) in [5.74, 6) is 1.04. The fourth-order valence-electron chi connectivity index (χ4n) is 2.82. The molecule has 0 amide bonds. The largest absolute Gasteiger partial charge is 0.462 e. The Bertz CT molecular complexity index is 471. The summed E-state index contributed by atoms with van der Waals surface area (Å²) in [6, 6.07) is 0.